The number of methoxy groups -OCH3 is 1. The molecule has 1 aliphatic carbocycles. The Kier molecular flexibility index (Phi) is 8.38. The van der Waals surface area contributed by atoms with Crippen LogP contribution in [0.1, 0.15) is 83.5 Å². The maximum Gasteiger partial charge on any atom is 0.251 e. The number of ether oxygens (including phenoxy) is 1. The molecule has 0 atom stereocenters. The van der Waals surface area contributed by atoms with Crippen molar-refractivity contribution in [3.63, 3.8) is 0 Å². The van der Waals surface area contributed by atoms with Gasteiger partial charge in [-0.3, -0.25) is 14.5 Å². The topological polar surface area (TPSA) is 103 Å². The smallest absolute Gasteiger partial charge is 0.251 e. The first-order valence-electron chi connectivity index (χ1n) is 15.3. The van der Waals surface area contributed by atoms with E-state index in [1.165, 1.54) is 12.8 Å². The van der Waals surface area contributed by atoms with Crippen LogP contribution in [0, 0.1) is 5.41 Å². The van der Waals surface area contributed by atoms with Crippen molar-refractivity contribution in [3.8, 4) is 5.75 Å². The van der Waals surface area contributed by atoms with Gasteiger partial charge in [0, 0.05) is 49.9 Å². The first-order chi connectivity index (χ1) is 19.9. The number of fused-ring (bicyclic) bond motifs is 1. The predicted octanol–water partition coefficient (Wildman–Crippen LogP) is 4.97. The lowest BCUT2D eigenvalue weighted by Crippen LogP contribution is -2.50. The molecule has 0 unspecified atom stereocenters. The Morgan fingerprint density at radius 1 is 1.10 bits per heavy atom. The maximum atomic E-state index is 13.3. The van der Waals surface area contributed by atoms with Crippen LogP contribution in [-0.2, 0) is 4.79 Å². The van der Waals surface area contributed by atoms with E-state index in [0.717, 1.165) is 50.3 Å². The molecule has 1 aromatic heterocycles. The van der Waals surface area contributed by atoms with Gasteiger partial charge in [0.05, 0.1) is 24.4 Å². The molecule has 1 saturated heterocycles. The van der Waals surface area contributed by atoms with Crippen molar-refractivity contribution in [2.24, 2.45) is 5.41 Å². The third-order valence-electron chi connectivity index (χ3n) is 9.09. The van der Waals surface area contributed by atoms with Gasteiger partial charge in [-0.25, -0.2) is 4.98 Å². The molecule has 10 nitrogen and oxygen atoms in total. The zero-order valence-corrected chi connectivity index (χ0v) is 26.3. The highest BCUT2D eigenvalue weighted by atomic mass is 16.5. The molecule has 5 rings (SSSR count). The number of hydrogen-bond acceptors (Lipinski definition) is 8. The highest BCUT2D eigenvalue weighted by Gasteiger charge is 2.41. The van der Waals surface area contributed by atoms with Gasteiger partial charge >= 0.3 is 0 Å². The fraction of sp³-hybridized carbons (Fsp3) is 0.625. The zero-order valence-electron chi connectivity index (χ0n) is 26.3. The molecule has 3 heterocycles. The van der Waals surface area contributed by atoms with Gasteiger partial charge in [-0.05, 0) is 78.5 Å². The summed E-state index contributed by atoms with van der Waals surface area (Å²) >= 11 is 0. The van der Waals surface area contributed by atoms with Crippen molar-refractivity contribution in [1.29, 1.82) is 0 Å². The second kappa shape index (κ2) is 11.7. The normalized spacial score (nSPS) is 20.3. The Morgan fingerprint density at radius 2 is 1.79 bits per heavy atom. The highest BCUT2D eigenvalue weighted by Crippen LogP contribution is 2.40. The number of hydrogen-bond donors (Lipinski definition) is 2. The average Bonchev–Trinajstić information content (AvgIpc) is 3.48. The van der Waals surface area contributed by atoms with Crippen molar-refractivity contribution >= 4 is 35.0 Å². The molecule has 1 saturated carbocycles. The molecule has 2 amide bonds. The molecule has 1 aromatic carbocycles. The molecule has 0 spiro atoms. The zero-order chi connectivity index (χ0) is 30.2. The lowest BCUT2D eigenvalue weighted by molar-refractivity contribution is -0.125. The summed E-state index contributed by atoms with van der Waals surface area (Å²) < 4.78 is 5.68. The number of nitrogens with zero attached hydrogens (tertiary/aromatic N) is 5. The van der Waals surface area contributed by atoms with Crippen LogP contribution in [0.5, 0.6) is 5.75 Å². The third kappa shape index (κ3) is 6.19. The molecule has 0 bridgehead atoms. The van der Waals surface area contributed by atoms with Crippen LogP contribution < -0.4 is 25.2 Å². The number of rotatable bonds is 6. The van der Waals surface area contributed by atoms with E-state index in [9.17, 15) is 9.59 Å². The van der Waals surface area contributed by atoms with Crippen molar-refractivity contribution in [2.45, 2.75) is 90.8 Å². The second-order valence-corrected chi connectivity index (χ2v) is 13.7. The Hall–Kier alpha value is -3.40. The quantitative estimate of drug-likeness (QED) is 0.496. The number of nitrogens with one attached hydrogen (secondary N) is 2. The number of anilines is 4. The molecule has 2 fully saturated rings. The summed E-state index contributed by atoms with van der Waals surface area (Å²) in [5.74, 6) is 1.68. The first kappa shape index (κ1) is 30.1. The number of aromatic nitrogens is 2. The van der Waals surface area contributed by atoms with Crippen molar-refractivity contribution in [3.05, 3.63) is 30.0 Å². The van der Waals surface area contributed by atoms with Gasteiger partial charge < -0.3 is 25.2 Å². The van der Waals surface area contributed by atoms with Gasteiger partial charge in [0.25, 0.3) is 5.91 Å². The molecule has 2 aliphatic heterocycles. The number of benzene rings is 1. The summed E-state index contributed by atoms with van der Waals surface area (Å²) in [5, 5.41) is 6.51. The van der Waals surface area contributed by atoms with E-state index in [0.29, 0.717) is 35.5 Å². The fourth-order valence-corrected chi connectivity index (χ4v) is 6.54. The largest absolute Gasteiger partial charge is 0.495 e. The Balaban J connectivity index is 1.34. The molecular formula is C32H47N7O3. The van der Waals surface area contributed by atoms with E-state index in [1.807, 2.05) is 19.9 Å². The van der Waals surface area contributed by atoms with Crippen LogP contribution in [0.3, 0.4) is 0 Å². The molecule has 3 aliphatic rings. The molecule has 2 aromatic rings. The predicted molar refractivity (Wildman–Crippen MR) is 167 cm³/mol. The number of carbonyl (C=O) groups excluding carboxylic acids is 2. The first-order valence-corrected chi connectivity index (χ1v) is 15.3. The third-order valence-corrected chi connectivity index (χ3v) is 9.09. The fourth-order valence-electron chi connectivity index (χ4n) is 6.54. The van der Waals surface area contributed by atoms with Crippen LogP contribution in [0.4, 0.5) is 23.1 Å². The van der Waals surface area contributed by atoms with E-state index in [4.69, 9.17) is 9.72 Å². The van der Waals surface area contributed by atoms with E-state index < -0.39 is 5.41 Å². The number of likely N-dealkylation sites (tertiary alicyclic amines) is 1. The molecule has 42 heavy (non-hydrogen) atoms. The van der Waals surface area contributed by atoms with Crippen molar-refractivity contribution < 1.29 is 14.3 Å². The number of amides is 2. The molecule has 2 N–H and O–H groups in total. The number of carbonyl (C=O) groups is 2. The van der Waals surface area contributed by atoms with Crippen molar-refractivity contribution in [1.82, 2.24) is 20.2 Å². The molecule has 0 radical (unpaired) electrons. The van der Waals surface area contributed by atoms with Gasteiger partial charge in [0.2, 0.25) is 11.9 Å². The van der Waals surface area contributed by atoms with E-state index in [2.05, 4.69) is 46.2 Å². The molecular weight excluding hydrogens is 530 g/mol. The second-order valence-electron chi connectivity index (χ2n) is 13.7. The summed E-state index contributed by atoms with van der Waals surface area (Å²) in [4.78, 5) is 42.4. The maximum absolute atomic E-state index is 13.3. The van der Waals surface area contributed by atoms with Crippen LogP contribution in [0.2, 0.25) is 0 Å². The van der Waals surface area contributed by atoms with E-state index >= 15 is 0 Å². The monoisotopic (exact) mass is 577 g/mol. The lowest BCUT2D eigenvalue weighted by atomic mass is 9.91. The van der Waals surface area contributed by atoms with Gasteiger partial charge in [-0.1, -0.05) is 12.8 Å². The van der Waals surface area contributed by atoms with Crippen molar-refractivity contribution in [2.75, 3.05) is 48.9 Å². The summed E-state index contributed by atoms with van der Waals surface area (Å²) in [5.41, 5.74) is 1.53. The Labute approximate surface area is 250 Å². The van der Waals surface area contributed by atoms with E-state index in [1.54, 1.807) is 37.4 Å². The minimum absolute atomic E-state index is 0.0591. The lowest BCUT2D eigenvalue weighted by Gasteiger charge is -2.41. The minimum Gasteiger partial charge on any atom is -0.495 e. The van der Waals surface area contributed by atoms with Crippen LogP contribution in [0.15, 0.2) is 24.4 Å². The Bertz CT molecular complexity index is 1310. The summed E-state index contributed by atoms with van der Waals surface area (Å²) in [7, 11) is 3.39. The van der Waals surface area contributed by atoms with Crippen LogP contribution >= 0.6 is 0 Å². The summed E-state index contributed by atoms with van der Waals surface area (Å²) in [6, 6.07) is 5.89. The van der Waals surface area contributed by atoms with Crippen LogP contribution in [0.25, 0.3) is 0 Å². The standard InChI is InChI=1S/C32H47N7O3/c1-31(2,3)38-16-14-22(15-17-38)34-28(40)21-12-13-24(26(18-21)42-7)35-30-33-19-25-27(36-30)39(23-10-8-9-11-23)20-32(4,5)29(41)37(25)6/h12-13,18-19,22-23H,8-11,14-17,20H2,1-7H3,(H,34,40)(H,33,35,36). The Morgan fingerprint density at radius 3 is 2.43 bits per heavy atom. The average molecular weight is 578 g/mol. The van der Waals surface area contributed by atoms with Crippen LogP contribution in [-0.4, -0.2) is 78.1 Å². The molecule has 10 heteroatoms. The van der Waals surface area contributed by atoms with E-state index in [-0.39, 0.29) is 23.4 Å². The van der Waals surface area contributed by atoms with Gasteiger partial charge in [0.15, 0.2) is 5.82 Å². The minimum atomic E-state index is -0.547. The number of piperidine rings is 1. The summed E-state index contributed by atoms with van der Waals surface area (Å²) in [6.07, 6.45) is 8.15. The summed E-state index contributed by atoms with van der Waals surface area (Å²) in [6.45, 7) is 13.3. The molecule has 228 valence electrons. The van der Waals surface area contributed by atoms with Gasteiger partial charge in [-0.2, -0.15) is 4.98 Å². The highest BCUT2D eigenvalue weighted by molar-refractivity contribution is 6.01. The van der Waals surface area contributed by atoms with Gasteiger partial charge in [-0.15, -0.1) is 0 Å². The van der Waals surface area contributed by atoms with Gasteiger partial charge in [0.1, 0.15) is 11.4 Å². The SMILES string of the molecule is COc1cc(C(=O)NC2CCN(C(C)(C)C)CC2)ccc1Nc1ncc2c(n1)N(C1CCCC1)CC(C)(C)C(=O)N2C.